The minimum absolute atomic E-state index is 1.11. The maximum absolute atomic E-state index is 2.44. The highest BCUT2D eigenvalue weighted by atomic mass is 15.1. The van der Waals surface area contributed by atoms with Crippen molar-refractivity contribution in [1.82, 2.24) is 4.57 Å². The first-order valence-electron chi connectivity index (χ1n) is 20.6. The van der Waals surface area contributed by atoms with E-state index >= 15 is 0 Å². The average molecular weight is 765 g/mol. The second-order valence-electron chi connectivity index (χ2n) is 15.3. The zero-order chi connectivity index (χ0) is 39.8. The lowest BCUT2D eigenvalue weighted by Gasteiger charge is -2.27. The van der Waals surface area contributed by atoms with Crippen molar-refractivity contribution in [3.05, 3.63) is 243 Å². The number of anilines is 3. The molecule has 0 N–H and O–H groups in total. The molecule has 1 heterocycles. The van der Waals surface area contributed by atoms with Crippen molar-refractivity contribution in [1.29, 1.82) is 0 Å². The summed E-state index contributed by atoms with van der Waals surface area (Å²) in [6, 6.07) is 87.8. The van der Waals surface area contributed by atoms with Gasteiger partial charge in [-0.2, -0.15) is 0 Å². The van der Waals surface area contributed by atoms with Crippen molar-refractivity contribution in [3.63, 3.8) is 0 Å². The monoisotopic (exact) mass is 764 g/mol. The Bertz CT molecular complexity index is 3230. The van der Waals surface area contributed by atoms with Crippen LogP contribution in [0.2, 0.25) is 0 Å². The molecule has 10 aromatic carbocycles. The molecule has 0 fully saturated rings. The van der Waals surface area contributed by atoms with Gasteiger partial charge < -0.3 is 9.47 Å². The Balaban J connectivity index is 1.02. The van der Waals surface area contributed by atoms with Crippen LogP contribution in [0.25, 0.3) is 82.8 Å². The molecule has 0 bridgehead atoms. The van der Waals surface area contributed by atoms with Crippen LogP contribution in [-0.4, -0.2) is 4.57 Å². The summed E-state index contributed by atoms with van der Waals surface area (Å²) in [6.07, 6.45) is 0. The molecule has 11 aromatic rings. The number of hydrogen-bond donors (Lipinski definition) is 0. The Kier molecular flexibility index (Phi) is 8.87. The highest BCUT2D eigenvalue weighted by molar-refractivity contribution is 6.11. The molecule has 0 aliphatic rings. The molecule has 282 valence electrons. The van der Waals surface area contributed by atoms with E-state index in [1.807, 2.05) is 0 Å². The zero-order valence-corrected chi connectivity index (χ0v) is 33.0. The van der Waals surface area contributed by atoms with Crippen molar-refractivity contribution in [2.24, 2.45) is 0 Å². The molecule has 0 atom stereocenters. The summed E-state index contributed by atoms with van der Waals surface area (Å²) in [6.45, 7) is 0. The molecule has 60 heavy (non-hydrogen) atoms. The molecule has 0 aliphatic heterocycles. The molecule has 0 spiro atoms. The van der Waals surface area contributed by atoms with Gasteiger partial charge >= 0.3 is 0 Å². The number of rotatable bonds is 8. The number of nitrogens with zero attached hydrogens (tertiary/aromatic N) is 2. The van der Waals surface area contributed by atoms with Crippen molar-refractivity contribution in [2.45, 2.75) is 0 Å². The van der Waals surface area contributed by atoms with E-state index in [4.69, 9.17) is 0 Å². The lowest BCUT2D eigenvalue weighted by atomic mass is 9.93. The first-order chi connectivity index (χ1) is 29.8. The highest BCUT2D eigenvalue weighted by Crippen LogP contribution is 2.42. The smallest absolute Gasteiger partial charge is 0.0541 e. The summed E-state index contributed by atoms with van der Waals surface area (Å²) >= 11 is 0. The van der Waals surface area contributed by atoms with E-state index < -0.39 is 0 Å². The molecule has 2 nitrogen and oxygen atoms in total. The predicted molar refractivity (Wildman–Crippen MR) is 255 cm³/mol. The highest BCUT2D eigenvalue weighted by Gasteiger charge is 2.18. The quantitative estimate of drug-likeness (QED) is 0.150. The van der Waals surface area contributed by atoms with Crippen LogP contribution in [0.5, 0.6) is 0 Å². The lowest BCUT2D eigenvalue weighted by Crippen LogP contribution is -2.10. The first-order valence-corrected chi connectivity index (χ1v) is 20.6. The van der Waals surface area contributed by atoms with Gasteiger partial charge in [0.2, 0.25) is 0 Å². The fourth-order valence-corrected chi connectivity index (χ4v) is 8.94. The van der Waals surface area contributed by atoms with E-state index in [1.165, 1.54) is 77.1 Å². The molecule has 2 heteroatoms. The maximum atomic E-state index is 2.44. The Morgan fingerprint density at radius 2 is 0.800 bits per heavy atom. The van der Waals surface area contributed by atoms with Gasteiger partial charge in [0.1, 0.15) is 0 Å². The summed E-state index contributed by atoms with van der Waals surface area (Å²) in [5, 5.41) is 4.90. The van der Waals surface area contributed by atoms with Crippen molar-refractivity contribution in [2.75, 3.05) is 4.90 Å². The van der Waals surface area contributed by atoms with Crippen LogP contribution >= 0.6 is 0 Å². The first kappa shape index (κ1) is 35.2. The van der Waals surface area contributed by atoms with Crippen LogP contribution in [0, 0.1) is 0 Å². The summed E-state index contributed by atoms with van der Waals surface area (Å²) in [5.74, 6) is 0. The van der Waals surface area contributed by atoms with Gasteiger partial charge in [-0.3, -0.25) is 0 Å². The summed E-state index contributed by atoms with van der Waals surface area (Å²) in [5.41, 5.74) is 16.5. The van der Waals surface area contributed by atoms with Gasteiger partial charge in [-0.15, -0.1) is 0 Å². The Labute approximate surface area is 350 Å². The lowest BCUT2D eigenvalue weighted by molar-refractivity contribution is 1.18. The Morgan fingerprint density at radius 1 is 0.283 bits per heavy atom. The molecule has 1 aromatic heterocycles. The Morgan fingerprint density at radius 3 is 1.50 bits per heavy atom. The largest absolute Gasteiger partial charge is 0.310 e. The van der Waals surface area contributed by atoms with Gasteiger partial charge in [-0.05, 0) is 117 Å². The Hall–Kier alpha value is -7.94. The van der Waals surface area contributed by atoms with E-state index in [1.54, 1.807) is 0 Å². The summed E-state index contributed by atoms with van der Waals surface area (Å²) in [4.78, 5) is 2.36. The zero-order valence-electron chi connectivity index (χ0n) is 33.0. The third-order valence-corrected chi connectivity index (χ3v) is 11.8. The molecule has 0 saturated carbocycles. The standard InChI is InChI=1S/C58H40N2/c1-4-17-41(18-5-1)46-37-47(42-19-6-2-7-20-42)39-50(38-46)60-57-29-15-14-28-54(57)55-40-45(33-36-58(55)60)52-26-13-12-25-51(52)44-31-34-49(35-32-44)59(48-23-8-3-9-24-48)56-30-16-22-43-21-10-11-27-53(43)56/h1-40H. The molecule has 0 aliphatic carbocycles. The van der Waals surface area contributed by atoms with E-state index in [9.17, 15) is 0 Å². The molecule has 11 rings (SSSR count). The fraction of sp³-hybridized carbons (Fsp3) is 0. The van der Waals surface area contributed by atoms with Gasteiger partial charge in [-0.1, -0.05) is 176 Å². The van der Waals surface area contributed by atoms with Crippen LogP contribution < -0.4 is 4.90 Å². The topological polar surface area (TPSA) is 8.17 Å². The van der Waals surface area contributed by atoms with E-state index in [0.717, 1.165) is 22.7 Å². The molecule has 0 saturated heterocycles. The summed E-state index contributed by atoms with van der Waals surface area (Å²) < 4.78 is 2.44. The van der Waals surface area contributed by atoms with Gasteiger partial charge in [0.05, 0.1) is 16.7 Å². The predicted octanol–water partition coefficient (Wildman–Crippen LogP) is 16.1. The minimum Gasteiger partial charge on any atom is -0.310 e. The number of hydrogen-bond acceptors (Lipinski definition) is 1. The molecular formula is C58H40N2. The number of benzene rings is 10. The molecule has 0 amide bonds. The number of aromatic nitrogens is 1. The van der Waals surface area contributed by atoms with Gasteiger partial charge in [-0.25, -0.2) is 0 Å². The molecule has 0 radical (unpaired) electrons. The van der Waals surface area contributed by atoms with Crippen LogP contribution in [0.15, 0.2) is 243 Å². The third kappa shape index (κ3) is 6.32. The van der Waals surface area contributed by atoms with Gasteiger partial charge in [0.25, 0.3) is 0 Å². The van der Waals surface area contributed by atoms with E-state index in [-0.39, 0.29) is 0 Å². The summed E-state index contributed by atoms with van der Waals surface area (Å²) in [7, 11) is 0. The average Bonchev–Trinajstić information content (AvgIpc) is 3.66. The van der Waals surface area contributed by atoms with Crippen LogP contribution in [-0.2, 0) is 0 Å². The minimum atomic E-state index is 1.11. The number of para-hydroxylation sites is 2. The number of fused-ring (bicyclic) bond motifs is 4. The second kappa shape index (κ2) is 15.1. The van der Waals surface area contributed by atoms with Gasteiger partial charge in [0.15, 0.2) is 0 Å². The van der Waals surface area contributed by atoms with E-state index in [0.29, 0.717) is 0 Å². The maximum Gasteiger partial charge on any atom is 0.0541 e. The normalized spacial score (nSPS) is 11.3. The fourth-order valence-electron chi connectivity index (χ4n) is 8.94. The van der Waals surface area contributed by atoms with Crippen LogP contribution in [0.3, 0.4) is 0 Å². The van der Waals surface area contributed by atoms with E-state index in [2.05, 4.69) is 252 Å². The molecule has 0 unspecified atom stereocenters. The van der Waals surface area contributed by atoms with Crippen molar-refractivity contribution < 1.29 is 0 Å². The third-order valence-electron chi connectivity index (χ3n) is 11.8. The SMILES string of the molecule is c1ccc(-c2cc(-c3ccccc3)cc(-n3c4ccccc4c4cc(-c5ccccc5-c5ccc(N(c6ccccc6)c6cccc7ccccc67)cc5)ccc43)c2)cc1. The van der Waals surface area contributed by atoms with Gasteiger partial charge in [0, 0.05) is 33.2 Å². The van der Waals surface area contributed by atoms with Crippen molar-refractivity contribution >= 4 is 49.6 Å². The van der Waals surface area contributed by atoms with Crippen LogP contribution in [0.4, 0.5) is 17.1 Å². The second-order valence-corrected chi connectivity index (χ2v) is 15.3. The van der Waals surface area contributed by atoms with Crippen molar-refractivity contribution in [3.8, 4) is 50.2 Å². The van der Waals surface area contributed by atoms with Crippen LogP contribution in [0.1, 0.15) is 0 Å². The molecular weight excluding hydrogens is 725 g/mol.